The van der Waals surface area contributed by atoms with Gasteiger partial charge >= 0.3 is 5.97 Å². The highest BCUT2D eigenvalue weighted by Gasteiger charge is 2.15. The summed E-state index contributed by atoms with van der Waals surface area (Å²) in [7, 11) is 1.56. The van der Waals surface area contributed by atoms with E-state index in [4.69, 9.17) is 13.9 Å². The number of methoxy groups -OCH3 is 1. The summed E-state index contributed by atoms with van der Waals surface area (Å²) in [5.41, 5.74) is 1.72. The first-order valence-corrected chi connectivity index (χ1v) is 7.48. The monoisotopic (exact) mass is 341 g/mol. The summed E-state index contributed by atoms with van der Waals surface area (Å²) in [6.45, 7) is 1.59. The van der Waals surface area contributed by atoms with E-state index in [1.807, 2.05) is 6.07 Å². The summed E-state index contributed by atoms with van der Waals surface area (Å²) < 4.78 is 15.8. The van der Waals surface area contributed by atoms with Crippen molar-refractivity contribution >= 4 is 22.6 Å². The SMILES string of the molecule is COc1ccc2c(CC(=O)Oc3ccc([N+](=O)[O-])c(C)c3)coc2c1. The number of nitrogens with zero attached hydrogens (tertiary/aromatic N) is 1. The number of ether oxygens (including phenoxy) is 2. The van der Waals surface area contributed by atoms with Gasteiger partial charge in [0, 0.05) is 28.6 Å². The van der Waals surface area contributed by atoms with Gasteiger partial charge in [-0.1, -0.05) is 0 Å². The average molecular weight is 341 g/mol. The van der Waals surface area contributed by atoms with Crippen LogP contribution in [0.2, 0.25) is 0 Å². The van der Waals surface area contributed by atoms with E-state index < -0.39 is 10.9 Å². The normalized spacial score (nSPS) is 10.6. The third kappa shape index (κ3) is 3.45. The Hall–Kier alpha value is -3.35. The minimum Gasteiger partial charge on any atom is -0.497 e. The molecule has 128 valence electrons. The topological polar surface area (TPSA) is 91.8 Å². The van der Waals surface area contributed by atoms with Crippen molar-refractivity contribution in [1.82, 2.24) is 0 Å². The molecule has 0 aliphatic heterocycles. The highest BCUT2D eigenvalue weighted by molar-refractivity contribution is 5.87. The van der Waals surface area contributed by atoms with Crippen LogP contribution in [0.25, 0.3) is 11.0 Å². The lowest BCUT2D eigenvalue weighted by Crippen LogP contribution is -2.11. The van der Waals surface area contributed by atoms with Crippen molar-refractivity contribution in [3.63, 3.8) is 0 Å². The second kappa shape index (κ2) is 6.64. The minimum absolute atomic E-state index is 0.0189. The van der Waals surface area contributed by atoms with Gasteiger partial charge in [-0.25, -0.2) is 0 Å². The zero-order valence-electron chi connectivity index (χ0n) is 13.6. The molecule has 0 N–H and O–H groups in total. The Bertz CT molecular complexity index is 959. The number of rotatable bonds is 5. The van der Waals surface area contributed by atoms with Crippen molar-refractivity contribution in [3.05, 3.63) is 63.9 Å². The van der Waals surface area contributed by atoms with Crippen molar-refractivity contribution in [2.75, 3.05) is 7.11 Å². The maximum Gasteiger partial charge on any atom is 0.315 e. The molecule has 0 saturated carbocycles. The van der Waals surface area contributed by atoms with Crippen molar-refractivity contribution in [3.8, 4) is 11.5 Å². The molecule has 0 unspecified atom stereocenters. The van der Waals surface area contributed by atoms with Crippen LogP contribution in [0.5, 0.6) is 11.5 Å². The van der Waals surface area contributed by atoms with Crippen LogP contribution in [-0.2, 0) is 11.2 Å². The van der Waals surface area contributed by atoms with E-state index >= 15 is 0 Å². The van der Waals surface area contributed by atoms with Gasteiger partial charge in [0.2, 0.25) is 0 Å². The van der Waals surface area contributed by atoms with Crippen molar-refractivity contribution in [2.45, 2.75) is 13.3 Å². The predicted octanol–water partition coefficient (Wildman–Crippen LogP) is 3.81. The number of carbonyl (C=O) groups is 1. The number of esters is 1. The smallest absolute Gasteiger partial charge is 0.315 e. The van der Waals surface area contributed by atoms with E-state index in [1.165, 1.54) is 24.5 Å². The predicted molar refractivity (Wildman–Crippen MR) is 89.9 cm³/mol. The molecule has 3 rings (SSSR count). The standard InChI is InChI=1S/C18H15NO6/c1-11-7-14(4-6-16(11)19(21)22)25-18(20)8-12-10-24-17-9-13(23-2)3-5-15(12)17/h3-7,9-10H,8H2,1-2H3. The second-order valence-electron chi connectivity index (χ2n) is 5.48. The van der Waals surface area contributed by atoms with Gasteiger partial charge in [0.05, 0.1) is 24.7 Å². The molecule has 7 nitrogen and oxygen atoms in total. The van der Waals surface area contributed by atoms with E-state index in [1.54, 1.807) is 26.2 Å². The highest BCUT2D eigenvalue weighted by atomic mass is 16.6. The van der Waals surface area contributed by atoms with Gasteiger partial charge in [0.15, 0.2) is 0 Å². The van der Waals surface area contributed by atoms with Crippen LogP contribution < -0.4 is 9.47 Å². The molecule has 0 bridgehead atoms. The van der Waals surface area contributed by atoms with Gasteiger partial charge < -0.3 is 13.9 Å². The van der Waals surface area contributed by atoms with Crippen molar-refractivity contribution in [1.29, 1.82) is 0 Å². The number of hydrogen-bond acceptors (Lipinski definition) is 6. The van der Waals surface area contributed by atoms with Gasteiger partial charge in [-0.05, 0) is 31.2 Å². The van der Waals surface area contributed by atoms with E-state index in [-0.39, 0.29) is 17.9 Å². The fraction of sp³-hybridized carbons (Fsp3) is 0.167. The molecule has 0 saturated heterocycles. The van der Waals surface area contributed by atoms with Crippen LogP contribution in [0.4, 0.5) is 5.69 Å². The average Bonchev–Trinajstić information content (AvgIpc) is 2.96. The molecule has 1 aromatic heterocycles. The number of hydrogen-bond donors (Lipinski definition) is 0. The molecule has 0 spiro atoms. The number of aryl methyl sites for hydroxylation is 1. The fourth-order valence-corrected chi connectivity index (χ4v) is 2.55. The Kier molecular flexibility index (Phi) is 4.38. The lowest BCUT2D eigenvalue weighted by molar-refractivity contribution is -0.385. The summed E-state index contributed by atoms with van der Waals surface area (Å²) in [6.07, 6.45) is 1.53. The molecule has 3 aromatic rings. The maximum absolute atomic E-state index is 12.2. The molecule has 25 heavy (non-hydrogen) atoms. The molecular formula is C18H15NO6. The molecule has 1 heterocycles. The summed E-state index contributed by atoms with van der Waals surface area (Å²) in [4.78, 5) is 22.5. The minimum atomic E-state index is -0.480. The first-order chi connectivity index (χ1) is 12.0. The molecule has 0 fully saturated rings. The van der Waals surface area contributed by atoms with Crippen molar-refractivity contribution < 1.29 is 23.6 Å². The zero-order chi connectivity index (χ0) is 18.0. The third-order valence-corrected chi connectivity index (χ3v) is 3.79. The van der Waals surface area contributed by atoms with E-state index in [0.717, 1.165) is 5.39 Å². The molecule has 0 atom stereocenters. The third-order valence-electron chi connectivity index (χ3n) is 3.79. The molecule has 0 aliphatic carbocycles. The van der Waals surface area contributed by atoms with Gasteiger partial charge in [0.1, 0.15) is 17.1 Å². The molecule has 0 radical (unpaired) electrons. The Morgan fingerprint density at radius 1 is 1.20 bits per heavy atom. The van der Waals surface area contributed by atoms with Gasteiger partial charge in [0.25, 0.3) is 5.69 Å². The number of carbonyl (C=O) groups excluding carboxylic acids is 1. The summed E-state index contributed by atoms with van der Waals surface area (Å²) in [5.74, 6) is 0.451. The Balaban J connectivity index is 1.75. The van der Waals surface area contributed by atoms with Crippen molar-refractivity contribution in [2.24, 2.45) is 0 Å². The molecule has 0 aliphatic rings. The summed E-state index contributed by atoms with van der Waals surface area (Å²) >= 11 is 0. The largest absolute Gasteiger partial charge is 0.497 e. The number of nitro groups is 1. The lowest BCUT2D eigenvalue weighted by atomic mass is 10.1. The Labute approximate surface area is 142 Å². The van der Waals surface area contributed by atoms with Gasteiger partial charge in [-0.15, -0.1) is 0 Å². The molecular weight excluding hydrogens is 326 g/mol. The first kappa shape index (κ1) is 16.5. The first-order valence-electron chi connectivity index (χ1n) is 7.48. The second-order valence-corrected chi connectivity index (χ2v) is 5.48. The van der Waals surface area contributed by atoms with E-state index in [9.17, 15) is 14.9 Å². The number of benzene rings is 2. The molecule has 2 aromatic carbocycles. The summed E-state index contributed by atoms with van der Waals surface area (Å²) in [6, 6.07) is 9.53. The quantitative estimate of drug-likeness (QED) is 0.303. The zero-order valence-corrected chi connectivity index (χ0v) is 13.6. The van der Waals surface area contributed by atoms with E-state index in [2.05, 4.69) is 0 Å². The number of nitro benzene ring substituents is 1. The van der Waals surface area contributed by atoms with Crippen LogP contribution in [0.3, 0.4) is 0 Å². The van der Waals surface area contributed by atoms with Crippen LogP contribution >= 0.6 is 0 Å². The summed E-state index contributed by atoms with van der Waals surface area (Å²) in [5, 5.41) is 11.6. The molecule has 0 amide bonds. The Morgan fingerprint density at radius 2 is 1.96 bits per heavy atom. The molecule has 7 heteroatoms. The van der Waals surface area contributed by atoms with Crippen LogP contribution in [0, 0.1) is 17.0 Å². The van der Waals surface area contributed by atoms with Crippen LogP contribution in [0.15, 0.2) is 47.1 Å². The highest BCUT2D eigenvalue weighted by Crippen LogP contribution is 2.27. The Morgan fingerprint density at radius 3 is 2.64 bits per heavy atom. The van der Waals surface area contributed by atoms with Crippen LogP contribution in [0.1, 0.15) is 11.1 Å². The van der Waals surface area contributed by atoms with Crippen LogP contribution in [-0.4, -0.2) is 18.0 Å². The van der Waals surface area contributed by atoms with E-state index in [0.29, 0.717) is 22.5 Å². The maximum atomic E-state index is 12.2. The van der Waals surface area contributed by atoms with Gasteiger partial charge in [-0.3, -0.25) is 14.9 Å². The number of furan rings is 1. The fourth-order valence-electron chi connectivity index (χ4n) is 2.55. The number of fused-ring (bicyclic) bond motifs is 1. The van der Waals surface area contributed by atoms with Gasteiger partial charge in [-0.2, -0.15) is 0 Å². The lowest BCUT2D eigenvalue weighted by Gasteiger charge is -2.05.